The third-order valence-electron chi connectivity index (χ3n) is 1.46. The van der Waals surface area contributed by atoms with Gasteiger partial charge in [0.1, 0.15) is 0 Å². The third-order valence-corrected chi connectivity index (χ3v) is 1.46. The zero-order chi connectivity index (χ0) is 10.5. The van der Waals surface area contributed by atoms with Gasteiger partial charge in [-0.25, -0.2) is 4.79 Å². The van der Waals surface area contributed by atoms with Crippen molar-refractivity contribution >= 4 is 5.97 Å². The SMILES string of the molecule is C=C(CCCOC(C)(C)C)C(=O)O. The molecule has 0 fully saturated rings. The van der Waals surface area contributed by atoms with Gasteiger partial charge < -0.3 is 9.84 Å². The van der Waals surface area contributed by atoms with E-state index in [2.05, 4.69) is 6.58 Å². The number of rotatable bonds is 5. The van der Waals surface area contributed by atoms with Crippen LogP contribution >= 0.6 is 0 Å². The molecule has 0 bridgehead atoms. The summed E-state index contributed by atoms with van der Waals surface area (Å²) < 4.78 is 5.43. The van der Waals surface area contributed by atoms with Gasteiger partial charge in [-0.3, -0.25) is 0 Å². The van der Waals surface area contributed by atoms with E-state index in [1.54, 1.807) is 0 Å². The van der Waals surface area contributed by atoms with E-state index in [4.69, 9.17) is 9.84 Å². The Morgan fingerprint density at radius 3 is 2.38 bits per heavy atom. The van der Waals surface area contributed by atoms with E-state index < -0.39 is 5.97 Å². The molecule has 0 saturated carbocycles. The zero-order valence-corrected chi connectivity index (χ0v) is 8.59. The fraction of sp³-hybridized carbons (Fsp3) is 0.700. The molecular weight excluding hydrogens is 168 g/mol. The van der Waals surface area contributed by atoms with Crippen LogP contribution in [0.4, 0.5) is 0 Å². The first-order valence-electron chi connectivity index (χ1n) is 4.38. The molecule has 0 rings (SSSR count). The molecule has 0 aromatic carbocycles. The topological polar surface area (TPSA) is 46.5 Å². The highest BCUT2D eigenvalue weighted by atomic mass is 16.5. The van der Waals surface area contributed by atoms with Crippen LogP contribution in [0.25, 0.3) is 0 Å². The van der Waals surface area contributed by atoms with Crippen molar-refractivity contribution in [1.82, 2.24) is 0 Å². The van der Waals surface area contributed by atoms with Crippen molar-refractivity contribution in [1.29, 1.82) is 0 Å². The summed E-state index contributed by atoms with van der Waals surface area (Å²) in [6.07, 6.45) is 1.20. The molecule has 0 heterocycles. The number of hydrogen-bond acceptors (Lipinski definition) is 2. The first-order valence-corrected chi connectivity index (χ1v) is 4.38. The first kappa shape index (κ1) is 12.2. The Bertz CT molecular complexity index is 189. The molecule has 3 nitrogen and oxygen atoms in total. The zero-order valence-electron chi connectivity index (χ0n) is 8.59. The maximum atomic E-state index is 10.4. The summed E-state index contributed by atoms with van der Waals surface area (Å²) in [6.45, 7) is 9.93. The lowest BCUT2D eigenvalue weighted by molar-refractivity contribution is -0.132. The van der Waals surface area contributed by atoms with Crippen LogP contribution in [-0.2, 0) is 9.53 Å². The normalized spacial score (nSPS) is 11.3. The van der Waals surface area contributed by atoms with Gasteiger partial charge in [-0.1, -0.05) is 6.58 Å². The molecule has 0 atom stereocenters. The van der Waals surface area contributed by atoms with Crippen molar-refractivity contribution in [2.24, 2.45) is 0 Å². The van der Waals surface area contributed by atoms with Gasteiger partial charge in [0.05, 0.1) is 5.60 Å². The predicted octanol–water partition coefficient (Wildman–Crippen LogP) is 2.22. The van der Waals surface area contributed by atoms with Gasteiger partial charge in [-0.05, 0) is 33.6 Å². The van der Waals surface area contributed by atoms with Crippen molar-refractivity contribution in [2.45, 2.75) is 39.2 Å². The van der Waals surface area contributed by atoms with Crippen LogP contribution in [0.3, 0.4) is 0 Å². The van der Waals surface area contributed by atoms with Crippen molar-refractivity contribution in [2.75, 3.05) is 6.61 Å². The summed E-state index contributed by atoms with van der Waals surface area (Å²) in [7, 11) is 0. The largest absolute Gasteiger partial charge is 0.478 e. The molecule has 1 N–H and O–H groups in total. The number of carboxylic acids is 1. The summed E-state index contributed by atoms with van der Waals surface area (Å²) >= 11 is 0. The minimum atomic E-state index is -0.921. The lowest BCUT2D eigenvalue weighted by atomic mass is 10.1. The number of aliphatic carboxylic acids is 1. The van der Waals surface area contributed by atoms with E-state index >= 15 is 0 Å². The monoisotopic (exact) mass is 186 g/mol. The van der Waals surface area contributed by atoms with Gasteiger partial charge in [0.2, 0.25) is 0 Å². The third kappa shape index (κ3) is 7.53. The second-order valence-electron chi connectivity index (χ2n) is 3.97. The second-order valence-corrected chi connectivity index (χ2v) is 3.97. The fourth-order valence-electron chi connectivity index (χ4n) is 0.771. The molecule has 0 aromatic heterocycles. The van der Waals surface area contributed by atoms with E-state index in [0.717, 1.165) is 0 Å². The van der Waals surface area contributed by atoms with E-state index in [0.29, 0.717) is 19.4 Å². The molecule has 3 heteroatoms. The Hall–Kier alpha value is -0.830. The molecule has 0 aliphatic heterocycles. The molecule has 0 saturated heterocycles. The average molecular weight is 186 g/mol. The summed E-state index contributed by atoms with van der Waals surface area (Å²) in [5, 5.41) is 8.50. The Labute approximate surface area is 79.4 Å². The van der Waals surface area contributed by atoms with Gasteiger partial charge in [0, 0.05) is 12.2 Å². The highest BCUT2D eigenvalue weighted by molar-refractivity contribution is 5.85. The maximum Gasteiger partial charge on any atom is 0.330 e. The highest BCUT2D eigenvalue weighted by Gasteiger charge is 2.10. The van der Waals surface area contributed by atoms with Crippen LogP contribution < -0.4 is 0 Å². The van der Waals surface area contributed by atoms with Crippen LogP contribution in [0.1, 0.15) is 33.6 Å². The maximum absolute atomic E-state index is 10.4. The van der Waals surface area contributed by atoms with Crippen LogP contribution in [0.5, 0.6) is 0 Å². The smallest absolute Gasteiger partial charge is 0.330 e. The van der Waals surface area contributed by atoms with Crippen LogP contribution in [0.2, 0.25) is 0 Å². The Balaban J connectivity index is 3.47. The van der Waals surface area contributed by atoms with Crippen molar-refractivity contribution in [3.63, 3.8) is 0 Å². The van der Waals surface area contributed by atoms with E-state index in [1.807, 2.05) is 20.8 Å². The summed E-state index contributed by atoms with van der Waals surface area (Å²) in [5.41, 5.74) is 0.0994. The van der Waals surface area contributed by atoms with Crippen LogP contribution in [0, 0.1) is 0 Å². The van der Waals surface area contributed by atoms with Gasteiger partial charge in [0.15, 0.2) is 0 Å². The minimum absolute atomic E-state index is 0.148. The number of hydrogen-bond donors (Lipinski definition) is 1. The molecule has 13 heavy (non-hydrogen) atoms. The number of ether oxygens (including phenoxy) is 1. The van der Waals surface area contributed by atoms with E-state index in [9.17, 15) is 4.79 Å². The van der Waals surface area contributed by atoms with Crippen molar-refractivity contribution in [3.05, 3.63) is 12.2 Å². The van der Waals surface area contributed by atoms with E-state index in [1.165, 1.54) is 0 Å². The molecule has 0 aliphatic rings. The fourth-order valence-corrected chi connectivity index (χ4v) is 0.771. The van der Waals surface area contributed by atoms with Gasteiger partial charge in [0.25, 0.3) is 0 Å². The standard InChI is InChI=1S/C10H18O3/c1-8(9(11)12)6-5-7-13-10(2,3)4/h1,5-7H2,2-4H3,(H,11,12). The highest BCUT2D eigenvalue weighted by Crippen LogP contribution is 2.09. The number of carbonyl (C=O) groups is 1. The molecule has 0 aromatic rings. The molecular formula is C10H18O3. The molecule has 76 valence electrons. The van der Waals surface area contributed by atoms with Gasteiger partial charge in [-0.15, -0.1) is 0 Å². The van der Waals surface area contributed by atoms with Gasteiger partial charge in [-0.2, -0.15) is 0 Å². The molecule has 0 amide bonds. The lowest BCUT2D eigenvalue weighted by Gasteiger charge is -2.19. The molecule has 0 spiro atoms. The quantitative estimate of drug-likeness (QED) is 0.529. The average Bonchev–Trinajstić information content (AvgIpc) is 1.95. The van der Waals surface area contributed by atoms with Crippen LogP contribution in [0.15, 0.2) is 12.2 Å². The van der Waals surface area contributed by atoms with Gasteiger partial charge >= 0.3 is 5.97 Å². The van der Waals surface area contributed by atoms with Crippen molar-refractivity contribution < 1.29 is 14.6 Å². The Morgan fingerprint density at radius 2 is 2.00 bits per heavy atom. The lowest BCUT2D eigenvalue weighted by Crippen LogP contribution is -2.19. The minimum Gasteiger partial charge on any atom is -0.478 e. The number of carboxylic acid groups (broad SMARTS) is 1. The second kappa shape index (κ2) is 5.02. The summed E-state index contributed by atoms with van der Waals surface area (Å²) in [4.78, 5) is 10.4. The van der Waals surface area contributed by atoms with E-state index in [-0.39, 0.29) is 11.2 Å². The van der Waals surface area contributed by atoms with Crippen molar-refractivity contribution in [3.8, 4) is 0 Å². The molecule has 0 aliphatic carbocycles. The molecule has 0 radical (unpaired) electrons. The molecule has 0 unspecified atom stereocenters. The Kier molecular flexibility index (Phi) is 4.70. The summed E-state index contributed by atoms with van der Waals surface area (Å²) in [6, 6.07) is 0. The van der Waals surface area contributed by atoms with Crippen LogP contribution in [-0.4, -0.2) is 23.3 Å². The first-order chi connectivity index (χ1) is 5.83. The Morgan fingerprint density at radius 1 is 1.46 bits per heavy atom. The summed E-state index contributed by atoms with van der Waals surface area (Å²) in [5.74, 6) is -0.921. The predicted molar refractivity (Wildman–Crippen MR) is 51.7 cm³/mol.